The van der Waals surface area contributed by atoms with Crippen molar-refractivity contribution in [2.75, 3.05) is 38.6 Å². The van der Waals surface area contributed by atoms with Crippen LogP contribution in [0.1, 0.15) is 18.9 Å². The molecule has 0 saturated carbocycles. The largest absolute Gasteiger partial charge is 0.369 e. The molecule has 0 radical (unpaired) electrons. The van der Waals surface area contributed by atoms with Crippen molar-refractivity contribution in [1.82, 2.24) is 4.90 Å². The Balaban J connectivity index is 2.73. The second-order valence-corrected chi connectivity index (χ2v) is 4.51. The lowest BCUT2D eigenvalue weighted by Gasteiger charge is -2.24. The van der Waals surface area contributed by atoms with Gasteiger partial charge >= 0.3 is 0 Å². The van der Waals surface area contributed by atoms with Crippen LogP contribution in [-0.2, 0) is 0 Å². The second kappa shape index (κ2) is 6.97. The minimum absolute atomic E-state index is 0.319. The van der Waals surface area contributed by atoms with Gasteiger partial charge in [0.25, 0.3) is 0 Å². The highest BCUT2D eigenvalue weighted by Crippen LogP contribution is 2.20. The highest BCUT2D eigenvalue weighted by atomic mass is 19.1. The lowest BCUT2D eigenvalue weighted by Crippen LogP contribution is -2.27. The summed E-state index contributed by atoms with van der Waals surface area (Å²) in [5.74, 6) is -0.319. The number of benzene rings is 1. The Morgan fingerprint density at radius 3 is 2.50 bits per heavy atom. The predicted molar refractivity (Wildman–Crippen MR) is 72.2 cm³/mol. The molecule has 0 spiro atoms. The number of hydrogen-bond donors (Lipinski definition) is 0. The van der Waals surface area contributed by atoms with E-state index < -0.39 is 0 Å². The van der Waals surface area contributed by atoms with Gasteiger partial charge in [-0.3, -0.25) is 0 Å². The monoisotopic (exact) mass is 249 g/mol. The van der Waals surface area contributed by atoms with Crippen LogP contribution in [0, 0.1) is 17.1 Å². The molecule has 4 heteroatoms. The van der Waals surface area contributed by atoms with Gasteiger partial charge in [-0.05, 0) is 52.2 Å². The van der Waals surface area contributed by atoms with Gasteiger partial charge in [0.1, 0.15) is 5.82 Å². The number of halogens is 1. The molecule has 0 heterocycles. The average Bonchev–Trinajstić information content (AvgIpc) is 2.35. The van der Waals surface area contributed by atoms with Crippen LogP contribution in [0.15, 0.2) is 18.2 Å². The average molecular weight is 249 g/mol. The summed E-state index contributed by atoms with van der Waals surface area (Å²) in [6, 6.07) is 6.59. The zero-order valence-electron chi connectivity index (χ0n) is 11.3. The van der Waals surface area contributed by atoms with E-state index in [2.05, 4.69) is 4.90 Å². The Hall–Kier alpha value is -1.60. The maximum atomic E-state index is 13.9. The number of hydrogen-bond acceptors (Lipinski definition) is 3. The Morgan fingerprint density at radius 2 is 2.00 bits per heavy atom. The zero-order chi connectivity index (χ0) is 13.5. The van der Waals surface area contributed by atoms with Crippen LogP contribution >= 0.6 is 0 Å². The van der Waals surface area contributed by atoms with Crippen LogP contribution in [0.3, 0.4) is 0 Å². The van der Waals surface area contributed by atoms with E-state index in [0.29, 0.717) is 11.3 Å². The lowest BCUT2D eigenvalue weighted by atomic mass is 10.2. The Kier molecular flexibility index (Phi) is 5.60. The Morgan fingerprint density at radius 1 is 1.28 bits per heavy atom. The van der Waals surface area contributed by atoms with Gasteiger partial charge in [0.05, 0.1) is 17.3 Å². The predicted octanol–water partition coefficient (Wildman–Crippen LogP) is 2.48. The molecule has 1 aromatic rings. The van der Waals surface area contributed by atoms with Crippen molar-refractivity contribution < 1.29 is 4.39 Å². The minimum atomic E-state index is -0.319. The SMILES string of the molecule is CCN(CCCN(C)C)c1ccc(C#N)cc1F. The van der Waals surface area contributed by atoms with Gasteiger partial charge in [-0.2, -0.15) is 5.26 Å². The summed E-state index contributed by atoms with van der Waals surface area (Å²) < 4.78 is 13.9. The summed E-state index contributed by atoms with van der Waals surface area (Å²) in [5, 5.41) is 8.72. The fourth-order valence-corrected chi connectivity index (χ4v) is 1.86. The van der Waals surface area contributed by atoms with Crippen molar-refractivity contribution in [3.8, 4) is 6.07 Å². The van der Waals surface area contributed by atoms with Crippen molar-refractivity contribution in [1.29, 1.82) is 5.26 Å². The lowest BCUT2D eigenvalue weighted by molar-refractivity contribution is 0.400. The molecule has 0 N–H and O–H groups in total. The zero-order valence-corrected chi connectivity index (χ0v) is 11.3. The van der Waals surface area contributed by atoms with Gasteiger partial charge in [0.15, 0.2) is 0 Å². The van der Waals surface area contributed by atoms with Crippen LogP contribution in [-0.4, -0.2) is 38.6 Å². The first-order valence-corrected chi connectivity index (χ1v) is 6.17. The van der Waals surface area contributed by atoms with Crippen LogP contribution in [0.4, 0.5) is 10.1 Å². The van der Waals surface area contributed by atoms with Crippen molar-refractivity contribution >= 4 is 5.69 Å². The molecule has 0 aliphatic rings. The molecule has 0 aliphatic heterocycles. The molecule has 18 heavy (non-hydrogen) atoms. The molecule has 0 aliphatic carbocycles. The van der Waals surface area contributed by atoms with Gasteiger partial charge in [-0.25, -0.2) is 4.39 Å². The smallest absolute Gasteiger partial charge is 0.147 e. The van der Waals surface area contributed by atoms with Gasteiger partial charge in [0, 0.05) is 13.1 Å². The van der Waals surface area contributed by atoms with Gasteiger partial charge < -0.3 is 9.80 Å². The van der Waals surface area contributed by atoms with Crippen LogP contribution in [0.5, 0.6) is 0 Å². The summed E-state index contributed by atoms with van der Waals surface area (Å²) in [4.78, 5) is 4.11. The minimum Gasteiger partial charge on any atom is -0.369 e. The highest BCUT2D eigenvalue weighted by molar-refractivity contribution is 5.51. The molecule has 0 fully saturated rings. The van der Waals surface area contributed by atoms with Crippen LogP contribution in [0.25, 0.3) is 0 Å². The molecule has 98 valence electrons. The van der Waals surface area contributed by atoms with Crippen LogP contribution < -0.4 is 4.90 Å². The van der Waals surface area contributed by atoms with E-state index in [1.165, 1.54) is 6.07 Å². The summed E-state index contributed by atoms with van der Waals surface area (Å²) in [6.07, 6.45) is 0.986. The first kappa shape index (κ1) is 14.5. The van der Waals surface area contributed by atoms with Gasteiger partial charge in [0.2, 0.25) is 0 Å². The molecule has 0 amide bonds. The molecule has 1 rings (SSSR count). The summed E-state index contributed by atoms with van der Waals surface area (Å²) in [7, 11) is 4.05. The first-order valence-electron chi connectivity index (χ1n) is 6.17. The molecule has 0 aromatic heterocycles. The number of nitriles is 1. The first-order chi connectivity index (χ1) is 8.58. The molecular formula is C14H20FN3. The normalized spacial score (nSPS) is 10.4. The van der Waals surface area contributed by atoms with E-state index in [1.807, 2.05) is 32.0 Å². The van der Waals surface area contributed by atoms with Crippen molar-refractivity contribution in [2.45, 2.75) is 13.3 Å². The summed E-state index contributed by atoms with van der Waals surface area (Å²) in [5.41, 5.74) is 0.941. The number of nitrogens with zero attached hydrogens (tertiary/aromatic N) is 3. The third kappa shape index (κ3) is 4.01. The maximum Gasteiger partial charge on any atom is 0.147 e. The van der Waals surface area contributed by atoms with Gasteiger partial charge in [-0.1, -0.05) is 0 Å². The van der Waals surface area contributed by atoms with Gasteiger partial charge in [-0.15, -0.1) is 0 Å². The molecule has 0 bridgehead atoms. The Labute approximate surface area is 108 Å². The quantitative estimate of drug-likeness (QED) is 0.776. The summed E-state index contributed by atoms with van der Waals surface area (Å²) in [6.45, 7) is 4.56. The van der Waals surface area contributed by atoms with E-state index in [4.69, 9.17) is 5.26 Å². The van der Waals surface area contributed by atoms with Crippen molar-refractivity contribution in [3.63, 3.8) is 0 Å². The number of rotatable bonds is 6. The van der Waals surface area contributed by atoms with E-state index in [0.717, 1.165) is 26.1 Å². The maximum absolute atomic E-state index is 13.9. The third-order valence-corrected chi connectivity index (χ3v) is 2.83. The standard InChI is InChI=1S/C14H20FN3/c1-4-18(9-5-8-17(2)3)14-7-6-12(11-16)10-13(14)15/h6-7,10H,4-5,8-9H2,1-3H3. The Bertz CT molecular complexity index is 424. The molecule has 0 atom stereocenters. The molecule has 0 saturated heterocycles. The van der Waals surface area contributed by atoms with E-state index >= 15 is 0 Å². The molecule has 0 unspecified atom stereocenters. The summed E-state index contributed by atoms with van der Waals surface area (Å²) >= 11 is 0. The number of anilines is 1. The van der Waals surface area contributed by atoms with Crippen molar-refractivity contribution in [2.24, 2.45) is 0 Å². The van der Waals surface area contributed by atoms with E-state index in [1.54, 1.807) is 12.1 Å². The fraction of sp³-hybridized carbons (Fsp3) is 0.500. The highest BCUT2D eigenvalue weighted by Gasteiger charge is 2.10. The topological polar surface area (TPSA) is 30.3 Å². The van der Waals surface area contributed by atoms with Crippen molar-refractivity contribution in [3.05, 3.63) is 29.6 Å². The second-order valence-electron chi connectivity index (χ2n) is 4.51. The molecule has 3 nitrogen and oxygen atoms in total. The third-order valence-electron chi connectivity index (χ3n) is 2.83. The molecule has 1 aromatic carbocycles. The molecular weight excluding hydrogens is 229 g/mol. The van der Waals surface area contributed by atoms with Crippen LogP contribution in [0.2, 0.25) is 0 Å². The van der Waals surface area contributed by atoms with E-state index in [-0.39, 0.29) is 5.82 Å². The fourth-order valence-electron chi connectivity index (χ4n) is 1.86. The van der Waals surface area contributed by atoms with E-state index in [9.17, 15) is 4.39 Å².